The zero-order valence-electron chi connectivity index (χ0n) is 15.7. The van der Waals surface area contributed by atoms with Crippen LogP contribution in [0.1, 0.15) is 64.7 Å². The monoisotopic (exact) mass is 353 g/mol. The first kappa shape index (κ1) is 20.0. The topological polar surface area (TPSA) is 72.0 Å². The van der Waals surface area contributed by atoms with E-state index in [2.05, 4.69) is 22.5 Å². The van der Waals surface area contributed by atoms with Gasteiger partial charge in [0.25, 0.3) is 0 Å². The number of nitrogens with zero attached hydrogens (tertiary/aromatic N) is 1. The summed E-state index contributed by atoms with van der Waals surface area (Å²) < 4.78 is 11.1. The van der Waals surface area contributed by atoms with Crippen molar-refractivity contribution in [1.82, 2.24) is 10.6 Å². The van der Waals surface area contributed by atoms with E-state index in [4.69, 9.17) is 9.47 Å². The zero-order chi connectivity index (χ0) is 17.7. The lowest BCUT2D eigenvalue weighted by molar-refractivity contribution is -0.148. The predicted molar refractivity (Wildman–Crippen MR) is 99.7 cm³/mol. The molecular weight excluding hydrogens is 318 g/mol. The molecule has 0 atom stereocenters. The second-order valence-corrected chi connectivity index (χ2v) is 7.06. The van der Waals surface area contributed by atoms with Crippen LogP contribution in [0.3, 0.4) is 0 Å². The van der Waals surface area contributed by atoms with E-state index in [1.807, 2.05) is 0 Å². The van der Waals surface area contributed by atoms with Crippen molar-refractivity contribution in [2.75, 3.05) is 32.8 Å². The maximum atomic E-state index is 11.8. The number of esters is 1. The third kappa shape index (κ3) is 9.68. The van der Waals surface area contributed by atoms with Crippen molar-refractivity contribution in [1.29, 1.82) is 0 Å². The molecule has 25 heavy (non-hydrogen) atoms. The summed E-state index contributed by atoms with van der Waals surface area (Å²) in [5.41, 5.74) is 0. The Morgan fingerprint density at radius 2 is 1.92 bits per heavy atom. The van der Waals surface area contributed by atoms with Gasteiger partial charge in [-0.3, -0.25) is 9.79 Å². The Morgan fingerprint density at radius 3 is 2.64 bits per heavy atom. The Labute approximate surface area is 152 Å². The van der Waals surface area contributed by atoms with Gasteiger partial charge in [0.15, 0.2) is 5.96 Å². The van der Waals surface area contributed by atoms with Crippen molar-refractivity contribution in [2.45, 2.75) is 70.8 Å². The van der Waals surface area contributed by atoms with Crippen LogP contribution in [0.25, 0.3) is 0 Å². The van der Waals surface area contributed by atoms with E-state index in [-0.39, 0.29) is 12.1 Å². The molecule has 0 amide bonds. The molecular formula is C19H35N3O3. The van der Waals surface area contributed by atoms with Crippen LogP contribution in [0.4, 0.5) is 0 Å². The Kier molecular flexibility index (Phi) is 9.70. The molecule has 6 nitrogen and oxygen atoms in total. The van der Waals surface area contributed by atoms with Crippen molar-refractivity contribution in [3.63, 3.8) is 0 Å². The molecule has 0 saturated heterocycles. The van der Waals surface area contributed by atoms with Gasteiger partial charge in [-0.1, -0.05) is 0 Å². The van der Waals surface area contributed by atoms with Gasteiger partial charge < -0.3 is 20.1 Å². The number of ether oxygens (including phenoxy) is 2. The predicted octanol–water partition coefficient (Wildman–Crippen LogP) is 2.62. The highest BCUT2D eigenvalue weighted by atomic mass is 16.5. The molecule has 2 aliphatic rings. The highest BCUT2D eigenvalue weighted by Gasteiger charge is 2.21. The summed E-state index contributed by atoms with van der Waals surface area (Å²) in [6, 6.07) is 0. The first-order chi connectivity index (χ1) is 12.3. The lowest BCUT2D eigenvalue weighted by Crippen LogP contribution is -2.38. The van der Waals surface area contributed by atoms with E-state index in [1.54, 1.807) is 0 Å². The van der Waals surface area contributed by atoms with Crippen LogP contribution in [-0.2, 0) is 14.3 Å². The van der Waals surface area contributed by atoms with Gasteiger partial charge in [-0.25, -0.2) is 0 Å². The van der Waals surface area contributed by atoms with Crippen molar-refractivity contribution >= 4 is 11.9 Å². The number of nitrogens with one attached hydrogen (secondary N) is 2. The Morgan fingerprint density at radius 1 is 1.12 bits per heavy atom. The second kappa shape index (κ2) is 12.1. The lowest BCUT2D eigenvalue weighted by Gasteiger charge is -2.12. The third-order valence-corrected chi connectivity index (χ3v) is 4.56. The van der Waals surface area contributed by atoms with Gasteiger partial charge in [-0.2, -0.15) is 0 Å². The zero-order valence-corrected chi connectivity index (χ0v) is 15.7. The minimum absolute atomic E-state index is 0.0760. The molecule has 2 fully saturated rings. The Bertz CT molecular complexity index is 405. The summed E-state index contributed by atoms with van der Waals surface area (Å²) in [5.74, 6) is 1.56. The van der Waals surface area contributed by atoms with Gasteiger partial charge in [0.05, 0.1) is 0 Å². The van der Waals surface area contributed by atoms with Crippen LogP contribution in [0.5, 0.6) is 0 Å². The number of carbonyl (C=O) groups excluding carboxylic acids is 1. The van der Waals surface area contributed by atoms with E-state index >= 15 is 0 Å². The first-order valence-electron chi connectivity index (χ1n) is 10.1. The standard InChI is InChI=1S/C19H35N3O3/c1-2-20-19(22-13-6-14-24-15-16-10-11-16)21-12-5-9-18(23)25-17-7-3-4-8-17/h16-17H,2-15H2,1H3,(H2,20,21,22). The minimum Gasteiger partial charge on any atom is -0.462 e. The molecule has 2 rings (SSSR count). The smallest absolute Gasteiger partial charge is 0.306 e. The molecule has 0 aromatic carbocycles. The van der Waals surface area contributed by atoms with Crippen LogP contribution in [0.15, 0.2) is 4.99 Å². The number of carbonyl (C=O) groups is 1. The molecule has 0 heterocycles. The first-order valence-corrected chi connectivity index (χ1v) is 10.1. The summed E-state index contributed by atoms with van der Waals surface area (Å²) in [6.45, 7) is 6.08. The van der Waals surface area contributed by atoms with E-state index in [9.17, 15) is 4.79 Å². The van der Waals surface area contributed by atoms with Crippen LogP contribution < -0.4 is 10.6 Å². The Hall–Kier alpha value is -1.30. The number of guanidine groups is 1. The number of hydrogen-bond donors (Lipinski definition) is 2. The van der Waals surface area contributed by atoms with Gasteiger partial charge in [-0.05, 0) is 64.2 Å². The molecule has 2 N–H and O–H groups in total. The van der Waals surface area contributed by atoms with Gasteiger partial charge in [0, 0.05) is 39.3 Å². The summed E-state index contributed by atoms with van der Waals surface area (Å²) in [7, 11) is 0. The average Bonchev–Trinajstić information content (AvgIpc) is 3.29. The number of rotatable bonds is 12. The van der Waals surface area contributed by atoms with Crippen LogP contribution >= 0.6 is 0 Å². The fourth-order valence-corrected chi connectivity index (χ4v) is 2.92. The third-order valence-electron chi connectivity index (χ3n) is 4.56. The molecule has 0 aromatic heterocycles. The molecule has 0 aromatic rings. The molecule has 0 spiro atoms. The van der Waals surface area contributed by atoms with Crippen molar-refractivity contribution in [2.24, 2.45) is 10.9 Å². The quantitative estimate of drug-likeness (QED) is 0.244. The second-order valence-electron chi connectivity index (χ2n) is 7.06. The SMILES string of the molecule is CCNC(=NCCCC(=O)OC1CCCC1)NCCCOCC1CC1. The normalized spacial score (nSPS) is 18.4. The highest BCUT2D eigenvalue weighted by molar-refractivity contribution is 5.79. The van der Waals surface area contributed by atoms with Gasteiger partial charge in [0.2, 0.25) is 0 Å². The molecule has 144 valence electrons. The van der Waals surface area contributed by atoms with Crippen molar-refractivity contribution in [3.05, 3.63) is 0 Å². The maximum Gasteiger partial charge on any atom is 0.306 e. The van der Waals surface area contributed by atoms with E-state index < -0.39 is 0 Å². The summed E-state index contributed by atoms with van der Waals surface area (Å²) in [4.78, 5) is 16.3. The van der Waals surface area contributed by atoms with Gasteiger partial charge in [0.1, 0.15) is 6.10 Å². The van der Waals surface area contributed by atoms with Crippen LogP contribution in [0, 0.1) is 5.92 Å². The van der Waals surface area contributed by atoms with E-state index in [0.29, 0.717) is 13.0 Å². The lowest BCUT2D eigenvalue weighted by atomic mass is 10.3. The number of aliphatic imine (C=N–C) groups is 1. The van der Waals surface area contributed by atoms with Crippen molar-refractivity contribution < 1.29 is 14.3 Å². The summed E-state index contributed by atoms with van der Waals surface area (Å²) in [6.07, 6.45) is 9.43. The average molecular weight is 354 g/mol. The Balaban J connectivity index is 1.50. The minimum atomic E-state index is -0.0760. The highest BCUT2D eigenvalue weighted by Crippen LogP contribution is 2.28. The van der Waals surface area contributed by atoms with E-state index in [1.165, 1.54) is 25.7 Å². The fraction of sp³-hybridized carbons (Fsp3) is 0.895. The largest absolute Gasteiger partial charge is 0.462 e. The maximum absolute atomic E-state index is 11.8. The van der Waals surface area contributed by atoms with Crippen molar-refractivity contribution in [3.8, 4) is 0 Å². The molecule has 0 radical (unpaired) electrons. The van der Waals surface area contributed by atoms with Crippen LogP contribution in [0.2, 0.25) is 0 Å². The molecule has 6 heteroatoms. The molecule has 2 saturated carbocycles. The molecule has 0 aliphatic heterocycles. The molecule has 0 bridgehead atoms. The van der Waals surface area contributed by atoms with Gasteiger partial charge in [-0.15, -0.1) is 0 Å². The van der Waals surface area contributed by atoms with Crippen LogP contribution in [-0.4, -0.2) is 50.9 Å². The molecule has 0 unspecified atom stereocenters. The summed E-state index contributed by atoms with van der Waals surface area (Å²) in [5, 5.41) is 6.54. The fourth-order valence-electron chi connectivity index (χ4n) is 2.92. The van der Waals surface area contributed by atoms with Gasteiger partial charge >= 0.3 is 5.97 Å². The number of hydrogen-bond acceptors (Lipinski definition) is 4. The van der Waals surface area contributed by atoms with E-state index in [0.717, 1.165) is 63.9 Å². The summed E-state index contributed by atoms with van der Waals surface area (Å²) >= 11 is 0. The molecule has 2 aliphatic carbocycles.